The molecule has 1 aliphatic rings. The SMILES string of the molecule is Cc1cc(C)c([C@@H]2CC[C@@H](C)O2)c(C)c1. The van der Waals surface area contributed by atoms with E-state index in [2.05, 4.69) is 39.8 Å². The third kappa shape index (κ3) is 2.07. The molecule has 2 atom stereocenters. The molecular weight excluding hydrogens is 184 g/mol. The van der Waals surface area contributed by atoms with E-state index in [1.807, 2.05) is 0 Å². The lowest BCUT2D eigenvalue weighted by Crippen LogP contribution is -2.05. The lowest BCUT2D eigenvalue weighted by molar-refractivity contribution is 0.0548. The normalized spacial score (nSPS) is 25.9. The van der Waals surface area contributed by atoms with Crippen LogP contribution in [-0.4, -0.2) is 6.10 Å². The minimum atomic E-state index is 0.334. The van der Waals surface area contributed by atoms with Crippen molar-refractivity contribution in [1.29, 1.82) is 0 Å². The molecule has 0 radical (unpaired) electrons. The van der Waals surface area contributed by atoms with Crippen molar-refractivity contribution in [2.45, 2.75) is 52.7 Å². The third-order valence-corrected chi connectivity index (χ3v) is 3.29. The zero-order valence-corrected chi connectivity index (χ0v) is 10.1. The molecule has 1 heteroatoms. The molecule has 0 saturated carbocycles. The van der Waals surface area contributed by atoms with E-state index in [1.165, 1.54) is 35.1 Å². The zero-order valence-electron chi connectivity index (χ0n) is 10.1. The fourth-order valence-corrected chi connectivity index (χ4v) is 2.71. The van der Waals surface area contributed by atoms with E-state index in [9.17, 15) is 0 Å². The first-order valence-corrected chi connectivity index (χ1v) is 5.81. The monoisotopic (exact) mass is 204 g/mol. The van der Waals surface area contributed by atoms with E-state index in [4.69, 9.17) is 4.74 Å². The van der Waals surface area contributed by atoms with Crippen molar-refractivity contribution in [3.63, 3.8) is 0 Å². The molecule has 1 aromatic carbocycles. The van der Waals surface area contributed by atoms with Gasteiger partial charge in [-0.25, -0.2) is 0 Å². The van der Waals surface area contributed by atoms with Gasteiger partial charge >= 0.3 is 0 Å². The van der Waals surface area contributed by atoms with E-state index in [1.54, 1.807) is 0 Å². The van der Waals surface area contributed by atoms with Crippen LogP contribution in [0.2, 0.25) is 0 Å². The average Bonchev–Trinajstić information content (AvgIpc) is 2.49. The van der Waals surface area contributed by atoms with Crippen LogP contribution in [-0.2, 0) is 4.74 Å². The standard InChI is InChI=1S/C14H20O/c1-9-7-10(2)14(11(3)8-9)13-6-5-12(4)15-13/h7-8,12-13H,5-6H2,1-4H3/t12-,13+/m1/s1. The fourth-order valence-electron chi connectivity index (χ4n) is 2.71. The van der Waals surface area contributed by atoms with Gasteiger partial charge in [-0.1, -0.05) is 17.7 Å². The molecule has 0 aliphatic carbocycles. The summed E-state index contributed by atoms with van der Waals surface area (Å²) in [7, 11) is 0. The Labute approximate surface area is 92.5 Å². The van der Waals surface area contributed by atoms with Gasteiger partial charge in [0.25, 0.3) is 0 Å². The van der Waals surface area contributed by atoms with Crippen LogP contribution in [0.15, 0.2) is 12.1 Å². The summed E-state index contributed by atoms with van der Waals surface area (Å²) in [5.41, 5.74) is 5.53. The largest absolute Gasteiger partial charge is 0.371 e. The van der Waals surface area contributed by atoms with Crippen LogP contribution >= 0.6 is 0 Å². The summed E-state index contributed by atoms with van der Waals surface area (Å²) in [6.07, 6.45) is 3.12. The maximum absolute atomic E-state index is 5.95. The number of hydrogen-bond donors (Lipinski definition) is 0. The molecule has 1 heterocycles. The Bertz CT molecular complexity index is 345. The summed E-state index contributed by atoms with van der Waals surface area (Å²) in [6.45, 7) is 8.71. The zero-order chi connectivity index (χ0) is 11.0. The average molecular weight is 204 g/mol. The number of benzene rings is 1. The van der Waals surface area contributed by atoms with E-state index >= 15 is 0 Å². The molecule has 1 aliphatic heterocycles. The van der Waals surface area contributed by atoms with Crippen molar-refractivity contribution in [2.24, 2.45) is 0 Å². The first-order chi connectivity index (χ1) is 7.08. The van der Waals surface area contributed by atoms with Gasteiger partial charge in [-0.3, -0.25) is 0 Å². The van der Waals surface area contributed by atoms with Gasteiger partial charge in [0, 0.05) is 0 Å². The van der Waals surface area contributed by atoms with Gasteiger partial charge in [-0.15, -0.1) is 0 Å². The van der Waals surface area contributed by atoms with Gasteiger partial charge in [0.15, 0.2) is 0 Å². The summed E-state index contributed by atoms with van der Waals surface area (Å²) >= 11 is 0. The Morgan fingerprint density at radius 1 is 1.07 bits per heavy atom. The van der Waals surface area contributed by atoms with Gasteiger partial charge in [-0.05, 0) is 57.2 Å². The van der Waals surface area contributed by atoms with E-state index in [-0.39, 0.29) is 0 Å². The van der Waals surface area contributed by atoms with Gasteiger partial charge in [0.05, 0.1) is 12.2 Å². The second-order valence-corrected chi connectivity index (χ2v) is 4.83. The second-order valence-electron chi connectivity index (χ2n) is 4.83. The molecular formula is C14H20O. The summed E-state index contributed by atoms with van der Waals surface area (Å²) in [5, 5.41) is 0. The molecule has 0 N–H and O–H groups in total. The van der Waals surface area contributed by atoms with E-state index in [0.29, 0.717) is 12.2 Å². The third-order valence-electron chi connectivity index (χ3n) is 3.29. The molecule has 1 saturated heterocycles. The van der Waals surface area contributed by atoms with Gasteiger partial charge in [0.2, 0.25) is 0 Å². The molecule has 2 rings (SSSR count). The smallest absolute Gasteiger partial charge is 0.0834 e. The maximum Gasteiger partial charge on any atom is 0.0834 e. The fraction of sp³-hybridized carbons (Fsp3) is 0.571. The van der Waals surface area contributed by atoms with Crippen LogP contribution < -0.4 is 0 Å². The highest BCUT2D eigenvalue weighted by Gasteiger charge is 2.25. The molecule has 0 unspecified atom stereocenters. The van der Waals surface area contributed by atoms with Gasteiger partial charge in [0.1, 0.15) is 0 Å². The summed E-state index contributed by atoms with van der Waals surface area (Å²) in [4.78, 5) is 0. The molecule has 0 bridgehead atoms. The molecule has 0 amide bonds. The first-order valence-electron chi connectivity index (χ1n) is 5.81. The first kappa shape index (κ1) is 10.7. The van der Waals surface area contributed by atoms with E-state index in [0.717, 1.165) is 0 Å². The second kappa shape index (κ2) is 3.97. The Kier molecular flexibility index (Phi) is 2.83. The maximum atomic E-state index is 5.95. The Morgan fingerprint density at radius 3 is 2.13 bits per heavy atom. The minimum Gasteiger partial charge on any atom is -0.371 e. The van der Waals surface area contributed by atoms with Crippen molar-refractivity contribution in [1.82, 2.24) is 0 Å². The van der Waals surface area contributed by atoms with Crippen LogP contribution in [0.25, 0.3) is 0 Å². The molecule has 15 heavy (non-hydrogen) atoms. The minimum absolute atomic E-state index is 0.334. The van der Waals surface area contributed by atoms with Crippen molar-refractivity contribution in [2.75, 3.05) is 0 Å². The molecule has 1 aromatic rings. The van der Waals surface area contributed by atoms with Crippen LogP contribution in [0, 0.1) is 20.8 Å². The van der Waals surface area contributed by atoms with Gasteiger partial charge in [-0.2, -0.15) is 0 Å². The summed E-state index contributed by atoms with van der Waals surface area (Å²) in [5.74, 6) is 0. The summed E-state index contributed by atoms with van der Waals surface area (Å²) in [6, 6.07) is 4.52. The van der Waals surface area contributed by atoms with Crippen LogP contribution in [0.5, 0.6) is 0 Å². The number of hydrogen-bond acceptors (Lipinski definition) is 1. The molecule has 1 nitrogen and oxygen atoms in total. The highest BCUT2D eigenvalue weighted by molar-refractivity contribution is 5.39. The van der Waals surface area contributed by atoms with E-state index < -0.39 is 0 Å². The highest BCUT2D eigenvalue weighted by Crippen LogP contribution is 2.36. The summed E-state index contributed by atoms with van der Waals surface area (Å²) < 4.78 is 5.95. The van der Waals surface area contributed by atoms with Crippen LogP contribution in [0.1, 0.15) is 48.1 Å². The topological polar surface area (TPSA) is 9.23 Å². The quantitative estimate of drug-likeness (QED) is 0.675. The van der Waals surface area contributed by atoms with Crippen molar-refractivity contribution < 1.29 is 4.74 Å². The molecule has 0 spiro atoms. The lowest BCUT2D eigenvalue weighted by Gasteiger charge is -2.18. The molecule has 0 aromatic heterocycles. The van der Waals surface area contributed by atoms with Gasteiger partial charge < -0.3 is 4.74 Å². The highest BCUT2D eigenvalue weighted by atomic mass is 16.5. The van der Waals surface area contributed by atoms with Crippen LogP contribution in [0.3, 0.4) is 0 Å². The predicted octanol–water partition coefficient (Wildman–Crippen LogP) is 3.85. The number of aryl methyl sites for hydroxylation is 3. The molecule has 82 valence electrons. The Hall–Kier alpha value is -0.820. The molecule has 1 fully saturated rings. The number of rotatable bonds is 1. The Balaban J connectivity index is 2.35. The van der Waals surface area contributed by atoms with Crippen molar-refractivity contribution in [3.8, 4) is 0 Å². The van der Waals surface area contributed by atoms with Crippen molar-refractivity contribution >= 4 is 0 Å². The predicted molar refractivity (Wildman–Crippen MR) is 63.2 cm³/mol. The number of ether oxygens (including phenoxy) is 1. The van der Waals surface area contributed by atoms with Crippen molar-refractivity contribution in [3.05, 3.63) is 34.4 Å². The lowest BCUT2D eigenvalue weighted by atomic mass is 9.94. The Morgan fingerprint density at radius 2 is 1.67 bits per heavy atom. The van der Waals surface area contributed by atoms with Crippen LogP contribution in [0.4, 0.5) is 0 Å².